The van der Waals surface area contributed by atoms with Gasteiger partial charge < -0.3 is 10.4 Å². The highest BCUT2D eigenvalue weighted by atomic mass is 16.4. The highest BCUT2D eigenvalue weighted by molar-refractivity contribution is 5.67. The van der Waals surface area contributed by atoms with Gasteiger partial charge in [-0.25, -0.2) is 0 Å². The van der Waals surface area contributed by atoms with E-state index < -0.39 is 5.97 Å². The molecule has 1 fully saturated rings. The second kappa shape index (κ2) is 5.98. The van der Waals surface area contributed by atoms with Crippen LogP contribution >= 0.6 is 0 Å². The van der Waals surface area contributed by atoms with Crippen LogP contribution in [0.15, 0.2) is 30.3 Å². The number of piperazine rings is 1. The molecule has 1 heterocycles. The molecular formula is C14H20N2O2. The fourth-order valence-electron chi connectivity index (χ4n) is 2.59. The molecule has 0 aromatic heterocycles. The number of hydrogen-bond acceptors (Lipinski definition) is 3. The largest absolute Gasteiger partial charge is 0.481 e. The average Bonchev–Trinajstić information content (AvgIpc) is 2.28. The lowest BCUT2D eigenvalue weighted by atomic mass is 10.1. The minimum atomic E-state index is -0.735. The number of carbonyl (C=O) groups is 1. The van der Waals surface area contributed by atoms with E-state index in [9.17, 15) is 4.79 Å². The topological polar surface area (TPSA) is 52.6 Å². The Balaban J connectivity index is 1.94. The molecule has 0 saturated carbocycles. The standard InChI is InChI=1S/C14H20N2O2/c1-11-8-16(9-12-5-3-2-4-6-12)10-13(15-11)7-14(17)18/h2-6,11,13,15H,7-10H2,1H3,(H,17,18)/t11-,13-/m0/s1. The highest BCUT2D eigenvalue weighted by Gasteiger charge is 2.25. The maximum absolute atomic E-state index is 10.8. The molecule has 1 aromatic rings. The van der Waals surface area contributed by atoms with Crippen LogP contribution in [0.5, 0.6) is 0 Å². The summed E-state index contributed by atoms with van der Waals surface area (Å²) >= 11 is 0. The van der Waals surface area contributed by atoms with Gasteiger partial charge in [0.2, 0.25) is 0 Å². The lowest BCUT2D eigenvalue weighted by Crippen LogP contribution is -2.55. The van der Waals surface area contributed by atoms with E-state index in [0.29, 0.717) is 6.04 Å². The summed E-state index contributed by atoms with van der Waals surface area (Å²) < 4.78 is 0. The van der Waals surface area contributed by atoms with Gasteiger partial charge in [-0.15, -0.1) is 0 Å². The third kappa shape index (κ3) is 3.82. The van der Waals surface area contributed by atoms with Crippen molar-refractivity contribution >= 4 is 5.97 Å². The molecule has 0 bridgehead atoms. The van der Waals surface area contributed by atoms with E-state index in [1.165, 1.54) is 5.56 Å². The van der Waals surface area contributed by atoms with Crippen molar-refractivity contribution in [3.63, 3.8) is 0 Å². The van der Waals surface area contributed by atoms with Gasteiger partial charge in [0.25, 0.3) is 0 Å². The van der Waals surface area contributed by atoms with Crippen molar-refractivity contribution in [2.45, 2.75) is 32.0 Å². The van der Waals surface area contributed by atoms with E-state index in [-0.39, 0.29) is 12.5 Å². The van der Waals surface area contributed by atoms with Crippen molar-refractivity contribution < 1.29 is 9.90 Å². The summed E-state index contributed by atoms with van der Waals surface area (Å²) in [5.74, 6) is -0.735. The number of rotatable bonds is 4. The fraction of sp³-hybridized carbons (Fsp3) is 0.500. The van der Waals surface area contributed by atoms with Gasteiger partial charge in [-0.05, 0) is 12.5 Å². The first-order chi connectivity index (χ1) is 8.63. The van der Waals surface area contributed by atoms with Crippen LogP contribution in [-0.2, 0) is 11.3 Å². The van der Waals surface area contributed by atoms with Crippen molar-refractivity contribution in [2.75, 3.05) is 13.1 Å². The molecule has 0 aliphatic carbocycles. The van der Waals surface area contributed by atoms with Crippen LogP contribution < -0.4 is 5.32 Å². The number of carboxylic acid groups (broad SMARTS) is 1. The smallest absolute Gasteiger partial charge is 0.304 e. The number of benzene rings is 1. The Kier molecular flexibility index (Phi) is 4.33. The third-order valence-electron chi connectivity index (χ3n) is 3.20. The molecule has 4 nitrogen and oxygen atoms in total. The molecule has 1 saturated heterocycles. The van der Waals surface area contributed by atoms with Gasteiger partial charge >= 0.3 is 5.97 Å². The number of aliphatic carboxylic acids is 1. The van der Waals surface area contributed by atoms with E-state index >= 15 is 0 Å². The zero-order chi connectivity index (χ0) is 13.0. The van der Waals surface area contributed by atoms with Crippen LogP contribution in [0, 0.1) is 0 Å². The minimum absolute atomic E-state index is 0.0509. The number of hydrogen-bond donors (Lipinski definition) is 2. The van der Waals surface area contributed by atoms with E-state index in [2.05, 4.69) is 29.3 Å². The molecule has 98 valence electrons. The van der Waals surface area contributed by atoms with Gasteiger partial charge in [0.05, 0.1) is 6.42 Å². The molecule has 0 amide bonds. The quantitative estimate of drug-likeness (QED) is 0.844. The zero-order valence-corrected chi connectivity index (χ0v) is 10.7. The Morgan fingerprint density at radius 3 is 2.78 bits per heavy atom. The average molecular weight is 248 g/mol. The summed E-state index contributed by atoms with van der Waals surface area (Å²) in [5, 5.41) is 12.2. The molecule has 0 spiro atoms. The first kappa shape index (κ1) is 13.1. The van der Waals surface area contributed by atoms with E-state index in [4.69, 9.17) is 5.11 Å². The van der Waals surface area contributed by atoms with Gasteiger partial charge in [-0.1, -0.05) is 30.3 Å². The van der Waals surface area contributed by atoms with Crippen LogP contribution in [-0.4, -0.2) is 41.1 Å². The Morgan fingerprint density at radius 2 is 2.11 bits per heavy atom. The van der Waals surface area contributed by atoms with E-state index in [1.807, 2.05) is 18.2 Å². The summed E-state index contributed by atoms with van der Waals surface area (Å²) in [6.45, 7) is 4.76. The Hall–Kier alpha value is -1.39. The summed E-state index contributed by atoms with van der Waals surface area (Å²) in [6.07, 6.45) is 0.190. The molecule has 0 unspecified atom stereocenters. The highest BCUT2D eigenvalue weighted by Crippen LogP contribution is 2.11. The lowest BCUT2D eigenvalue weighted by molar-refractivity contribution is -0.137. The van der Waals surface area contributed by atoms with E-state index in [0.717, 1.165) is 19.6 Å². The van der Waals surface area contributed by atoms with Crippen LogP contribution in [0.4, 0.5) is 0 Å². The summed E-state index contributed by atoms with van der Waals surface area (Å²) in [5.41, 5.74) is 1.28. The molecule has 0 radical (unpaired) electrons. The second-order valence-electron chi connectivity index (χ2n) is 5.04. The van der Waals surface area contributed by atoms with Crippen molar-refractivity contribution in [1.29, 1.82) is 0 Å². The number of nitrogens with zero attached hydrogens (tertiary/aromatic N) is 1. The molecule has 2 N–H and O–H groups in total. The van der Waals surface area contributed by atoms with Gasteiger partial charge in [0.15, 0.2) is 0 Å². The molecule has 2 atom stereocenters. The van der Waals surface area contributed by atoms with Crippen molar-refractivity contribution in [2.24, 2.45) is 0 Å². The molecule has 1 aliphatic rings. The van der Waals surface area contributed by atoms with Crippen LogP contribution in [0.1, 0.15) is 18.9 Å². The van der Waals surface area contributed by atoms with Crippen LogP contribution in [0.25, 0.3) is 0 Å². The molecule has 2 rings (SSSR count). The summed E-state index contributed by atoms with van der Waals surface area (Å²) in [4.78, 5) is 13.1. The summed E-state index contributed by atoms with van der Waals surface area (Å²) in [7, 11) is 0. The number of nitrogens with one attached hydrogen (secondary N) is 1. The zero-order valence-electron chi connectivity index (χ0n) is 10.7. The Labute approximate surface area is 108 Å². The van der Waals surface area contributed by atoms with Crippen LogP contribution in [0.3, 0.4) is 0 Å². The van der Waals surface area contributed by atoms with Crippen molar-refractivity contribution in [3.05, 3.63) is 35.9 Å². The lowest BCUT2D eigenvalue weighted by Gasteiger charge is -2.37. The SMILES string of the molecule is C[C@H]1CN(Cc2ccccc2)C[C@H](CC(=O)O)N1. The van der Waals surface area contributed by atoms with E-state index in [1.54, 1.807) is 0 Å². The molecule has 1 aromatic carbocycles. The molecule has 1 aliphatic heterocycles. The first-order valence-corrected chi connectivity index (χ1v) is 6.37. The summed E-state index contributed by atoms with van der Waals surface area (Å²) in [6, 6.07) is 10.7. The van der Waals surface area contributed by atoms with Gasteiger partial charge in [-0.3, -0.25) is 9.69 Å². The van der Waals surface area contributed by atoms with Crippen molar-refractivity contribution in [3.8, 4) is 0 Å². The monoisotopic (exact) mass is 248 g/mol. The molecule has 18 heavy (non-hydrogen) atoms. The Bertz CT molecular complexity index is 394. The number of carboxylic acids is 1. The normalized spacial score (nSPS) is 24.9. The van der Waals surface area contributed by atoms with Gasteiger partial charge in [0.1, 0.15) is 0 Å². The third-order valence-corrected chi connectivity index (χ3v) is 3.20. The Morgan fingerprint density at radius 1 is 1.39 bits per heavy atom. The molecule has 4 heteroatoms. The predicted octanol–water partition coefficient (Wildman–Crippen LogP) is 1.32. The van der Waals surface area contributed by atoms with Crippen molar-refractivity contribution in [1.82, 2.24) is 10.2 Å². The maximum Gasteiger partial charge on any atom is 0.304 e. The first-order valence-electron chi connectivity index (χ1n) is 6.37. The van der Waals surface area contributed by atoms with Crippen LogP contribution in [0.2, 0.25) is 0 Å². The second-order valence-corrected chi connectivity index (χ2v) is 5.04. The fourth-order valence-corrected chi connectivity index (χ4v) is 2.59. The molecular weight excluding hydrogens is 228 g/mol. The van der Waals surface area contributed by atoms with Gasteiger partial charge in [-0.2, -0.15) is 0 Å². The van der Waals surface area contributed by atoms with Gasteiger partial charge in [0, 0.05) is 31.7 Å². The minimum Gasteiger partial charge on any atom is -0.481 e. The predicted molar refractivity (Wildman–Crippen MR) is 70.4 cm³/mol. The maximum atomic E-state index is 10.8.